The van der Waals surface area contributed by atoms with Gasteiger partial charge in [-0.15, -0.1) is 0 Å². The lowest BCUT2D eigenvalue weighted by molar-refractivity contribution is 0.102. The Bertz CT molecular complexity index is 745. The first-order chi connectivity index (χ1) is 11.5. The maximum absolute atomic E-state index is 12.5. The SMILES string of the molecule is CN1CCN(c2cc(C(=O)Nc3ccc(Cl)cc3Cl)ccn2)CC1. The first kappa shape index (κ1) is 17.0. The Morgan fingerprint density at radius 2 is 1.88 bits per heavy atom. The molecule has 0 unspecified atom stereocenters. The molecule has 0 radical (unpaired) electrons. The predicted octanol–water partition coefficient (Wildman–Crippen LogP) is 3.39. The van der Waals surface area contributed by atoms with Crippen molar-refractivity contribution in [1.29, 1.82) is 0 Å². The van der Waals surface area contributed by atoms with E-state index in [4.69, 9.17) is 23.2 Å². The van der Waals surface area contributed by atoms with Gasteiger partial charge in [-0.1, -0.05) is 23.2 Å². The van der Waals surface area contributed by atoms with Crippen LogP contribution in [0.3, 0.4) is 0 Å². The number of benzene rings is 1. The van der Waals surface area contributed by atoms with E-state index in [1.807, 2.05) is 6.07 Å². The van der Waals surface area contributed by atoms with E-state index < -0.39 is 0 Å². The summed E-state index contributed by atoms with van der Waals surface area (Å²) in [5.74, 6) is 0.593. The largest absolute Gasteiger partial charge is 0.354 e. The highest BCUT2D eigenvalue weighted by Crippen LogP contribution is 2.26. The number of piperazine rings is 1. The van der Waals surface area contributed by atoms with Crippen molar-refractivity contribution in [3.05, 3.63) is 52.1 Å². The molecule has 3 rings (SSSR count). The van der Waals surface area contributed by atoms with Crippen LogP contribution in [0.25, 0.3) is 0 Å². The number of carbonyl (C=O) groups is 1. The Kier molecular flexibility index (Phi) is 5.23. The van der Waals surface area contributed by atoms with Crippen molar-refractivity contribution in [2.45, 2.75) is 0 Å². The van der Waals surface area contributed by atoms with Crippen LogP contribution >= 0.6 is 23.2 Å². The molecule has 1 N–H and O–H groups in total. The van der Waals surface area contributed by atoms with E-state index in [1.54, 1.807) is 30.5 Å². The summed E-state index contributed by atoms with van der Waals surface area (Å²) in [6, 6.07) is 8.47. The number of carbonyl (C=O) groups excluding carboxylic acids is 1. The zero-order chi connectivity index (χ0) is 17.1. The summed E-state index contributed by atoms with van der Waals surface area (Å²) < 4.78 is 0. The molecule has 1 aromatic heterocycles. The molecule has 0 spiro atoms. The number of aromatic nitrogens is 1. The second-order valence-corrected chi connectivity index (χ2v) is 6.61. The first-order valence-electron chi connectivity index (χ1n) is 7.69. The highest BCUT2D eigenvalue weighted by molar-refractivity contribution is 6.36. The van der Waals surface area contributed by atoms with Crippen LogP contribution in [0, 0.1) is 0 Å². The average Bonchev–Trinajstić information content (AvgIpc) is 2.58. The smallest absolute Gasteiger partial charge is 0.255 e. The standard InChI is InChI=1S/C17H18Cl2N4O/c1-22-6-8-23(9-7-22)16-10-12(4-5-20-16)17(24)21-15-3-2-13(18)11-14(15)19/h2-5,10-11H,6-9H2,1H3,(H,21,24). The average molecular weight is 365 g/mol. The molecule has 24 heavy (non-hydrogen) atoms. The second-order valence-electron chi connectivity index (χ2n) is 5.77. The number of likely N-dealkylation sites (N-methyl/N-ethyl adjacent to an activating group) is 1. The molecule has 126 valence electrons. The quantitative estimate of drug-likeness (QED) is 0.906. The van der Waals surface area contributed by atoms with E-state index in [1.165, 1.54) is 0 Å². The van der Waals surface area contributed by atoms with E-state index in [2.05, 4.69) is 27.1 Å². The van der Waals surface area contributed by atoms with Gasteiger partial charge in [-0.05, 0) is 37.4 Å². The van der Waals surface area contributed by atoms with Gasteiger partial charge in [0.1, 0.15) is 5.82 Å². The Balaban J connectivity index is 1.74. The maximum atomic E-state index is 12.5. The van der Waals surface area contributed by atoms with Crippen LogP contribution in [-0.2, 0) is 0 Å². The van der Waals surface area contributed by atoms with Crippen molar-refractivity contribution >= 4 is 40.6 Å². The van der Waals surface area contributed by atoms with E-state index in [-0.39, 0.29) is 5.91 Å². The van der Waals surface area contributed by atoms with Gasteiger partial charge in [-0.3, -0.25) is 4.79 Å². The van der Waals surface area contributed by atoms with Gasteiger partial charge in [0, 0.05) is 43.0 Å². The fourth-order valence-electron chi connectivity index (χ4n) is 2.55. The molecule has 1 fully saturated rings. The summed E-state index contributed by atoms with van der Waals surface area (Å²) >= 11 is 12.0. The molecule has 7 heteroatoms. The number of halogens is 2. The number of nitrogens with one attached hydrogen (secondary N) is 1. The van der Waals surface area contributed by atoms with Crippen LogP contribution in [0.2, 0.25) is 10.0 Å². The minimum Gasteiger partial charge on any atom is -0.354 e. The van der Waals surface area contributed by atoms with E-state index in [0.717, 1.165) is 32.0 Å². The number of hydrogen-bond acceptors (Lipinski definition) is 4. The highest BCUT2D eigenvalue weighted by atomic mass is 35.5. The van der Waals surface area contributed by atoms with Gasteiger partial charge in [0.15, 0.2) is 0 Å². The van der Waals surface area contributed by atoms with Crippen LogP contribution in [-0.4, -0.2) is 49.0 Å². The topological polar surface area (TPSA) is 48.5 Å². The summed E-state index contributed by atoms with van der Waals surface area (Å²) in [4.78, 5) is 21.3. The molecule has 0 saturated carbocycles. The van der Waals surface area contributed by atoms with Gasteiger partial charge in [-0.25, -0.2) is 4.98 Å². The van der Waals surface area contributed by atoms with Gasteiger partial charge in [0.2, 0.25) is 0 Å². The zero-order valence-corrected chi connectivity index (χ0v) is 14.8. The first-order valence-corrected chi connectivity index (χ1v) is 8.44. The number of pyridine rings is 1. The Hall–Kier alpha value is -1.82. The zero-order valence-electron chi connectivity index (χ0n) is 13.3. The molecular formula is C17H18Cl2N4O. The Morgan fingerprint density at radius 1 is 1.12 bits per heavy atom. The van der Waals surface area contributed by atoms with Gasteiger partial charge in [-0.2, -0.15) is 0 Å². The van der Waals surface area contributed by atoms with Crippen LogP contribution < -0.4 is 10.2 Å². The summed E-state index contributed by atoms with van der Waals surface area (Å²) in [7, 11) is 2.10. The lowest BCUT2D eigenvalue weighted by Crippen LogP contribution is -2.44. The van der Waals surface area contributed by atoms with Crippen molar-refractivity contribution < 1.29 is 4.79 Å². The second kappa shape index (κ2) is 7.38. The van der Waals surface area contributed by atoms with Crippen LogP contribution in [0.5, 0.6) is 0 Å². The molecule has 2 heterocycles. The number of nitrogens with zero attached hydrogens (tertiary/aromatic N) is 3. The molecule has 5 nitrogen and oxygen atoms in total. The fraction of sp³-hybridized carbons (Fsp3) is 0.294. The molecule has 1 amide bonds. The van der Waals surface area contributed by atoms with Crippen molar-refractivity contribution in [2.24, 2.45) is 0 Å². The number of anilines is 2. The number of rotatable bonds is 3. The van der Waals surface area contributed by atoms with Crippen LogP contribution in [0.4, 0.5) is 11.5 Å². The van der Waals surface area contributed by atoms with Crippen LogP contribution in [0.1, 0.15) is 10.4 Å². The lowest BCUT2D eigenvalue weighted by Gasteiger charge is -2.33. The minimum absolute atomic E-state index is 0.225. The van der Waals surface area contributed by atoms with Crippen LogP contribution in [0.15, 0.2) is 36.5 Å². The third kappa shape index (κ3) is 3.98. The fourth-order valence-corrected chi connectivity index (χ4v) is 3.01. The molecule has 1 saturated heterocycles. The predicted molar refractivity (Wildman–Crippen MR) is 98.4 cm³/mol. The molecule has 0 atom stereocenters. The monoisotopic (exact) mass is 364 g/mol. The summed E-state index contributed by atoms with van der Waals surface area (Å²) in [6.45, 7) is 3.77. The van der Waals surface area contributed by atoms with E-state index in [0.29, 0.717) is 21.3 Å². The third-order valence-corrected chi connectivity index (χ3v) is 4.56. The number of amides is 1. The summed E-state index contributed by atoms with van der Waals surface area (Å²) in [5, 5.41) is 3.74. The molecule has 1 aliphatic heterocycles. The van der Waals surface area contributed by atoms with E-state index >= 15 is 0 Å². The summed E-state index contributed by atoms with van der Waals surface area (Å²) in [6.07, 6.45) is 1.66. The molecule has 2 aromatic rings. The lowest BCUT2D eigenvalue weighted by atomic mass is 10.2. The van der Waals surface area contributed by atoms with Crippen molar-refractivity contribution in [3.8, 4) is 0 Å². The molecule has 1 aliphatic rings. The number of hydrogen-bond donors (Lipinski definition) is 1. The molecule has 0 bridgehead atoms. The highest BCUT2D eigenvalue weighted by Gasteiger charge is 2.17. The third-order valence-electron chi connectivity index (χ3n) is 4.01. The van der Waals surface area contributed by atoms with Crippen molar-refractivity contribution in [2.75, 3.05) is 43.4 Å². The normalized spacial score (nSPS) is 15.4. The Labute approximate surface area is 151 Å². The molecule has 0 aliphatic carbocycles. The molecule has 1 aromatic carbocycles. The Morgan fingerprint density at radius 3 is 2.58 bits per heavy atom. The van der Waals surface area contributed by atoms with Gasteiger partial charge in [0.25, 0.3) is 5.91 Å². The maximum Gasteiger partial charge on any atom is 0.255 e. The minimum atomic E-state index is -0.225. The van der Waals surface area contributed by atoms with Crippen molar-refractivity contribution in [3.63, 3.8) is 0 Å². The van der Waals surface area contributed by atoms with Gasteiger partial charge < -0.3 is 15.1 Å². The van der Waals surface area contributed by atoms with Gasteiger partial charge >= 0.3 is 0 Å². The van der Waals surface area contributed by atoms with Crippen molar-refractivity contribution in [1.82, 2.24) is 9.88 Å². The van der Waals surface area contributed by atoms with Gasteiger partial charge in [0.05, 0.1) is 10.7 Å². The van der Waals surface area contributed by atoms with E-state index in [9.17, 15) is 4.79 Å². The molecular weight excluding hydrogens is 347 g/mol. The summed E-state index contributed by atoms with van der Waals surface area (Å²) in [5.41, 5.74) is 1.08.